The lowest BCUT2D eigenvalue weighted by Gasteiger charge is -2.22. The number of likely N-dealkylation sites (N-methyl/N-ethyl adjacent to an activating group) is 1. The molecule has 10 nitrogen and oxygen atoms in total. The molecule has 1 fully saturated rings. The molecule has 208 valence electrons. The molecule has 4 rings (SSSR count). The van der Waals surface area contributed by atoms with Gasteiger partial charge in [-0.05, 0) is 61.8 Å². The highest BCUT2D eigenvalue weighted by atomic mass is 127. The van der Waals surface area contributed by atoms with Gasteiger partial charge >= 0.3 is 6.03 Å². The first-order valence-corrected chi connectivity index (χ1v) is 14.5. The normalized spacial score (nSPS) is 13.8. The van der Waals surface area contributed by atoms with Crippen LogP contribution in [0.15, 0.2) is 42.6 Å². The molecule has 3 amide bonds. The second-order valence-electron chi connectivity index (χ2n) is 9.42. The van der Waals surface area contributed by atoms with E-state index in [4.69, 9.17) is 15.2 Å². The van der Waals surface area contributed by atoms with Crippen molar-refractivity contribution in [3.63, 3.8) is 0 Å². The third kappa shape index (κ3) is 7.70. The van der Waals surface area contributed by atoms with E-state index >= 15 is 0 Å². The fourth-order valence-electron chi connectivity index (χ4n) is 4.13. The van der Waals surface area contributed by atoms with Gasteiger partial charge < -0.3 is 35.8 Å². The SMILES string of the molecule is CCN(CC)C[C@@H](O)COc1cc2nccc(Oc3ccc(NC(=O)NC4CC4)c(CI)c3)c2cc1C(N)=O. The number of hydrogen-bond donors (Lipinski definition) is 4. The van der Waals surface area contributed by atoms with E-state index in [1.54, 1.807) is 30.5 Å². The summed E-state index contributed by atoms with van der Waals surface area (Å²) in [5, 5.41) is 16.8. The number of amides is 3. The molecular weight excluding hydrogens is 613 g/mol. The molecule has 0 spiro atoms. The van der Waals surface area contributed by atoms with Crippen LogP contribution in [-0.4, -0.2) is 65.3 Å². The molecule has 1 saturated carbocycles. The van der Waals surface area contributed by atoms with Crippen molar-refractivity contribution in [1.29, 1.82) is 0 Å². The Hall–Kier alpha value is -3.16. The molecule has 11 heteroatoms. The quantitative estimate of drug-likeness (QED) is 0.159. The van der Waals surface area contributed by atoms with Gasteiger partial charge in [-0.1, -0.05) is 36.4 Å². The van der Waals surface area contributed by atoms with E-state index in [9.17, 15) is 14.7 Å². The highest BCUT2D eigenvalue weighted by Crippen LogP contribution is 2.35. The zero-order valence-corrected chi connectivity index (χ0v) is 24.2. The van der Waals surface area contributed by atoms with Crippen LogP contribution in [0.3, 0.4) is 0 Å². The Labute approximate surface area is 241 Å². The number of urea groups is 1. The van der Waals surface area contributed by atoms with Crippen LogP contribution < -0.4 is 25.8 Å². The number of nitrogens with two attached hydrogens (primary N) is 1. The monoisotopic (exact) mass is 647 g/mol. The number of rotatable bonds is 13. The standard InChI is InChI=1S/C28H34IN5O5/c1-3-34(4-2)15-19(35)16-38-26-13-24-21(12-22(26)27(30)36)25(9-10-31-24)39-20-7-8-23(17(11-20)14-29)33-28(37)32-18-5-6-18/h7-13,18-19,35H,3-6,14-16H2,1-2H3,(H2,30,36)(H2,32,33,37)/t19-/m1/s1. The summed E-state index contributed by atoms with van der Waals surface area (Å²) < 4.78 is 12.7. The van der Waals surface area contributed by atoms with Crippen LogP contribution >= 0.6 is 22.6 Å². The summed E-state index contributed by atoms with van der Waals surface area (Å²) in [4.78, 5) is 31.0. The Balaban J connectivity index is 1.54. The van der Waals surface area contributed by atoms with Gasteiger partial charge in [0.25, 0.3) is 5.91 Å². The molecule has 1 heterocycles. The number of halogens is 1. The number of benzene rings is 2. The smallest absolute Gasteiger partial charge is 0.319 e. The summed E-state index contributed by atoms with van der Waals surface area (Å²) in [7, 11) is 0. The number of anilines is 1. The maximum absolute atomic E-state index is 12.3. The molecule has 0 unspecified atom stereocenters. The number of aliphatic hydroxyl groups is 1. The highest BCUT2D eigenvalue weighted by molar-refractivity contribution is 14.1. The Morgan fingerprint density at radius 2 is 1.95 bits per heavy atom. The number of hydrogen-bond acceptors (Lipinski definition) is 7. The van der Waals surface area contributed by atoms with E-state index in [1.165, 1.54) is 0 Å². The van der Waals surface area contributed by atoms with Crippen LogP contribution in [0.1, 0.15) is 42.6 Å². The number of pyridine rings is 1. The average Bonchev–Trinajstić information content (AvgIpc) is 3.74. The van der Waals surface area contributed by atoms with Gasteiger partial charge in [-0.15, -0.1) is 0 Å². The van der Waals surface area contributed by atoms with Gasteiger partial charge in [0.15, 0.2) is 0 Å². The van der Waals surface area contributed by atoms with E-state index < -0.39 is 12.0 Å². The van der Waals surface area contributed by atoms with Gasteiger partial charge in [-0.2, -0.15) is 0 Å². The minimum Gasteiger partial charge on any atom is -0.490 e. The predicted octanol–water partition coefficient (Wildman–Crippen LogP) is 4.43. The van der Waals surface area contributed by atoms with Gasteiger partial charge in [-0.25, -0.2) is 4.79 Å². The Morgan fingerprint density at radius 1 is 1.18 bits per heavy atom. The van der Waals surface area contributed by atoms with Gasteiger partial charge in [-0.3, -0.25) is 9.78 Å². The molecule has 39 heavy (non-hydrogen) atoms. The minimum atomic E-state index is -0.728. The molecule has 0 radical (unpaired) electrons. The lowest BCUT2D eigenvalue weighted by atomic mass is 10.1. The lowest BCUT2D eigenvalue weighted by molar-refractivity contribution is 0.0708. The number of nitrogens with zero attached hydrogens (tertiary/aromatic N) is 2. The van der Waals surface area contributed by atoms with Gasteiger partial charge in [0.2, 0.25) is 0 Å². The largest absolute Gasteiger partial charge is 0.490 e. The van der Waals surface area contributed by atoms with Crippen molar-refractivity contribution in [3.05, 3.63) is 53.7 Å². The van der Waals surface area contributed by atoms with E-state index in [2.05, 4.69) is 43.1 Å². The number of ether oxygens (including phenoxy) is 2. The topological polar surface area (TPSA) is 139 Å². The van der Waals surface area contributed by atoms with Crippen LogP contribution in [0, 0.1) is 0 Å². The van der Waals surface area contributed by atoms with Crippen molar-refractivity contribution in [1.82, 2.24) is 15.2 Å². The van der Waals surface area contributed by atoms with Crippen molar-refractivity contribution in [2.45, 2.75) is 43.3 Å². The highest BCUT2D eigenvalue weighted by Gasteiger charge is 2.23. The summed E-state index contributed by atoms with van der Waals surface area (Å²) in [5.74, 6) is 0.655. The van der Waals surface area contributed by atoms with Crippen molar-refractivity contribution >= 4 is 51.1 Å². The van der Waals surface area contributed by atoms with Crippen LogP contribution in [0.2, 0.25) is 0 Å². The Kier molecular flexibility index (Phi) is 9.81. The van der Waals surface area contributed by atoms with Crippen molar-refractivity contribution in [3.8, 4) is 17.2 Å². The summed E-state index contributed by atoms with van der Waals surface area (Å²) in [6, 6.07) is 10.5. The molecule has 1 aliphatic carbocycles. The first-order chi connectivity index (χ1) is 18.8. The lowest BCUT2D eigenvalue weighted by Crippen LogP contribution is -2.35. The van der Waals surface area contributed by atoms with Crippen LogP contribution in [-0.2, 0) is 4.43 Å². The number of fused-ring (bicyclic) bond motifs is 1. The molecular formula is C28H34IN5O5. The molecule has 0 bridgehead atoms. The number of carbonyl (C=O) groups is 2. The van der Waals surface area contributed by atoms with E-state index in [-0.39, 0.29) is 30.0 Å². The number of carbonyl (C=O) groups excluding carboxylic acids is 2. The molecule has 3 aromatic rings. The van der Waals surface area contributed by atoms with E-state index in [0.717, 1.165) is 37.2 Å². The third-order valence-corrected chi connectivity index (χ3v) is 7.29. The molecule has 0 aliphatic heterocycles. The second kappa shape index (κ2) is 13.3. The first kappa shape index (κ1) is 28.8. The zero-order valence-electron chi connectivity index (χ0n) is 22.1. The summed E-state index contributed by atoms with van der Waals surface area (Å²) >= 11 is 2.24. The number of primary amides is 1. The van der Waals surface area contributed by atoms with Gasteiger partial charge in [0.1, 0.15) is 30.0 Å². The Morgan fingerprint density at radius 3 is 2.62 bits per heavy atom. The van der Waals surface area contributed by atoms with Crippen LogP contribution in [0.4, 0.5) is 10.5 Å². The molecule has 1 atom stereocenters. The maximum atomic E-state index is 12.3. The summed E-state index contributed by atoms with van der Waals surface area (Å²) in [5.41, 5.74) is 8.03. The molecule has 1 aromatic heterocycles. The van der Waals surface area contributed by atoms with Gasteiger partial charge in [0, 0.05) is 40.4 Å². The number of aromatic nitrogens is 1. The number of nitrogens with one attached hydrogen (secondary N) is 2. The van der Waals surface area contributed by atoms with Crippen molar-refractivity contribution in [2.75, 3.05) is 31.6 Å². The maximum Gasteiger partial charge on any atom is 0.319 e. The fraction of sp³-hybridized carbons (Fsp3) is 0.393. The van der Waals surface area contributed by atoms with Crippen LogP contribution in [0.25, 0.3) is 10.9 Å². The Bertz CT molecular complexity index is 1330. The first-order valence-electron chi connectivity index (χ1n) is 13.0. The zero-order chi connectivity index (χ0) is 27.9. The second-order valence-corrected chi connectivity index (χ2v) is 10.2. The molecule has 2 aromatic carbocycles. The van der Waals surface area contributed by atoms with Crippen molar-refractivity contribution < 1.29 is 24.2 Å². The van der Waals surface area contributed by atoms with E-state index in [1.807, 2.05) is 26.0 Å². The number of aliphatic hydroxyl groups excluding tert-OH is 1. The molecule has 5 N–H and O–H groups in total. The van der Waals surface area contributed by atoms with E-state index in [0.29, 0.717) is 33.4 Å². The van der Waals surface area contributed by atoms with Gasteiger partial charge in [0.05, 0.1) is 11.1 Å². The molecule has 0 saturated heterocycles. The van der Waals surface area contributed by atoms with Crippen molar-refractivity contribution in [2.24, 2.45) is 5.73 Å². The summed E-state index contributed by atoms with van der Waals surface area (Å²) in [6.07, 6.45) is 2.91. The minimum absolute atomic E-state index is 0.0105. The molecule has 1 aliphatic rings. The predicted molar refractivity (Wildman–Crippen MR) is 159 cm³/mol. The number of alkyl halides is 1. The third-order valence-electron chi connectivity index (χ3n) is 6.47. The summed E-state index contributed by atoms with van der Waals surface area (Å²) in [6.45, 7) is 6.16. The average molecular weight is 648 g/mol. The fourth-order valence-corrected chi connectivity index (χ4v) is 4.76. The van der Waals surface area contributed by atoms with Crippen LogP contribution in [0.5, 0.6) is 17.2 Å².